The van der Waals surface area contributed by atoms with Crippen molar-refractivity contribution in [3.05, 3.63) is 29.0 Å². The first-order valence-electron chi connectivity index (χ1n) is 7.56. The van der Waals surface area contributed by atoms with Gasteiger partial charge in [-0.05, 0) is 25.6 Å². The molecule has 0 bridgehead atoms. The molecule has 0 aliphatic rings. The van der Waals surface area contributed by atoms with Gasteiger partial charge in [0.25, 0.3) is 0 Å². The number of halogens is 1. The van der Waals surface area contributed by atoms with Gasteiger partial charge in [0.2, 0.25) is 0 Å². The van der Waals surface area contributed by atoms with E-state index in [0.29, 0.717) is 11.1 Å². The van der Waals surface area contributed by atoms with Gasteiger partial charge in [-0.2, -0.15) is 0 Å². The maximum atomic E-state index is 5.86. The highest BCUT2D eigenvalue weighted by molar-refractivity contribution is 6.30. The molecule has 0 saturated carbocycles. The first-order valence-corrected chi connectivity index (χ1v) is 7.94. The predicted molar refractivity (Wildman–Crippen MR) is 83.7 cm³/mol. The van der Waals surface area contributed by atoms with Crippen LogP contribution in [0.2, 0.25) is 5.02 Å². The van der Waals surface area contributed by atoms with Gasteiger partial charge in [-0.1, -0.05) is 63.5 Å². The van der Waals surface area contributed by atoms with Crippen molar-refractivity contribution in [3.8, 4) is 0 Å². The van der Waals surface area contributed by atoms with Crippen molar-refractivity contribution in [2.45, 2.75) is 64.3 Å². The number of nitrogens with one attached hydrogen (secondary N) is 1. The van der Waals surface area contributed by atoms with Crippen LogP contribution in [0.4, 0.5) is 0 Å². The van der Waals surface area contributed by atoms with Gasteiger partial charge in [0.1, 0.15) is 0 Å². The van der Waals surface area contributed by atoms with Crippen LogP contribution in [-0.2, 0) is 0 Å². The largest absolute Gasteiger partial charge is 0.312 e. The van der Waals surface area contributed by atoms with Gasteiger partial charge in [0.15, 0.2) is 0 Å². The third-order valence-corrected chi connectivity index (χ3v) is 3.78. The molecule has 3 heteroatoms. The quantitative estimate of drug-likeness (QED) is 0.601. The van der Waals surface area contributed by atoms with E-state index in [9.17, 15) is 0 Å². The Kier molecular flexibility index (Phi) is 8.85. The molecule has 108 valence electrons. The van der Waals surface area contributed by atoms with Gasteiger partial charge in [0.05, 0.1) is 10.7 Å². The summed E-state index contributed by atoms with van der Waals surface area (Å²) in [7, 11) is 2.00. The molecular weight excluding hydrogens is 256 g/mol. The molecule has 1 unspecified atom stereocenters. The fourth-order valence-electron chi connectivity index (χ4n) is 2.34. The fourth-order valence-corrected chi connectivity index (χ4v) is 2.45. The smallest absolute Gasteiger partial charge is 0.0589 e. The van der Waals surface area contributed by atoms with E-state index in [0.717, 1.165) is 12.1 Å². The molecule has 0 amide bonds. The Labute approximate surface area is 123 Å². The minimum absolute atomic E-state index is 0.355. The Morgan fingerprint density at radius 1 is 1.11 bits per heavy atom. The van der Waals surface area contributed by atoms with Crippen molar-refractivity contribution in [1.29, 1.82) is 0 Å². The van der Waals surface area contributed by atoms with Crippen molar-refractivity contribution in [1.82, 2.24) is 10.3 Å². The number of pyridine rings is 1. The molecule has 1 aromatic heterocycles. The first-order chi connectivity index (χ1) is 9.27. The van der Waals surface area contributed by atoms with Crippen LogP contribution in [0, 0.1) is 0 Å². The molecule has 0 aromatic carbocycles. The number of hydrogen-bond acceptors (Lipinski definition) is 2. The zero-order valence-corrected chi connectivity index (χ0v) is 13.0. The highest BCUT2D eigenvalue weighted by Crippen LogP contribution is 2.19. The molecule has 19 heavy (non-hydrogen) atoms. The van der Waals surface area contributed by atoms with Gasteiger partial charge < -0.3 is 5.32 Å². The summed E-state index contributed by atoms with van der Waals surface area (Å²) in [5.74, 6) is 0. The van der Waals surface area contributed by atoms with Crippen molar-refractivity contribution in [2.24, 2.45) is 0 Å². The fraction of sp³-hybridized carbons (Fsp3) is 0.688. The summed E-state index contributed by atoms with van der Waals surface area (Å²) in [6.45, 7) is 2.26. The zero-order valence-electron chi connectivity index (χ0n) is 12.3. The highest BCUT2D eigenvalue weighted by Gasteiger charge is 2.09. The van der Waals surface area contributed by atoms with Gasteiger partial charge in [-0.25, -0.2) is 0 Å². The molecule has 1 atom stereocenters. The predicted octanol–water partition coefficient (Wildman–Crippen LogP) is 5.14. The van der Waals surface area contributed by atoms with Gasteiger partial charge in [-0.3, -0.25) is 4.98 Å². The summed E-state index contributed by atoms with van der Waals surface area (Å²) in [6, 6.07) is 4.29. The molecule has 0 aliphatic carbocycles. The number of unbranched alkanes of at least 4 members (excludes halogenated alkanes) is 6. The number of aromatic nitrogens is 1. The second-order valence-corrected chi connectivity index (χ2v) is 5.59. The molecular formula is C16H27ClN2. The summed E-state index contributed by atoms with van der Waals surface area (Å²) < 4.78 is 0. The van der Waals surface area contributed by atoms with Crippen LogP contribution in [0.1, 0.15) is 70.0 Å². The third kappa shape index (κ3) is 6.93. The lowest BCUT2D eigenvalue weighted by molar-refractivity contribution is 0.488. The van der Waals surface area contributed by atoms with Crippen LogP contribution in [-0.4, -0.2) is 12.0 Å². The van der Waals surface area contributed by atoms with Crippen LogP contribution < -0.4 is 5.32 Å². The molecule has 1 heterocycles. The summed E-state index contributed by atoms with van der Waals surface area (Å²) in [4.78, 5) is 4.39. The highest BCUT2D eigenvalue weighted by atomic mass is 35.5. The molecule has 1 aromatic rings. The third-order valence-electron chi connectivity index (χ3n) is 3.55. The maximum absolute atomic E-state index is 5.86. The topological polar surface area (TPSA) is 24.9 Å². The summed E-state index contributed by atoms with van der Waals surface area (Å²) in [6.07, 6.45) is 12.3. The molecule has 1 rings (SSSR count). The Morgan fingerprint density at radius 2 is 1.79 bits per heavy atom. The van der Waals surface area contributed by atoms with Crippen molar-refractivity contribution in [3.63, 3.8) is 0 Å². The Bertz CT molecular complexity index is 324. The Morgan fingerprint density at radius 3 is 2.37 bits per heavy atom. The summed E-state index contributed by atoms with van der Waals surface area (Å²) in [5.41, 5.74) is 1.10. The van der Waals surface area contributed by atoms with Crippen LogP contribution in [0.25, 0.3) is 0 Å². The van der Waals surface area contributed by atoms with Crippen molar-refractivity contribution >= 4 is 11.6 Å². The lowest BCUT2D eigenvalue weighted by atomic mass is 10.0. The molecule has 0 aliphatic heterocycles. The lowest BCUT2D eigenvalue weighted by Gasteiger charge is -2.15. The maximum Gasteiger partial charge on any atom is 0.0589 e. The van der Waals surface area contributed by atoms with Gasteiger partial charge in [0, 0.05) is 12.2 Å². The average Bonchev–Trinajstić information content (AvgIpc) is 2.43. The molecule has 0 spiro atoms. The van der Waals surface area contributed by atoms with Crippen molar-refractivity contribution in [2.75, 3.05) is 7.05 Å². The number of nitrogens with zero attached hydrogens (tertiary/aromatic N) is 1. The van der Waals surface area contributed by atoms with E-state index in [2.05, 4.69) is 17.2 Å². The molecule has 1 N–H and O–H groups in total. The van der Waals surface area contributed by atoms with E-state index in [1.165, 1.54) is 44.9 Å². The Balaban J connectivity index is 2.20. The van der Waals surface area contributed by atoms with E-state index in [-0.39, 0.29) is 0 Å². The standard InChI is InChI=1S/C16H27ClN2/c1-3-4-5-6-7-8-9-10-15(18-2)16-12-11-14(17)13-19-16/h11-13,15,18H,3-10H2,1-2H3. The SMILES string of the molecule is CCCCCCCCCC(NC)c1ccc(Cl)cn1. The number of rotatable bonds is 10. The van der Waals surface area contributed by atoms with Gasteiger partial charge in [-0.15, -0.1) is 0 Å². The van der Waals surface area contributed by atoms with E-state index in [1.807, 2.05) is 19.2 Å². The minimum Gasteiger partial charge on any atom is -0.312 e. The average molecular weight is 283 g/mol. The monoisotopic (exact) mass is 282 g/mol. The van der Waals surface area contributed by atoms with E-state index < -0.39 is 0 Å². The lowest BCUT2D eigenvalue weighted by Crippen LogP contribution is -2.17. The molecule has 2 nitrogen and oxygen atoms in total. The van der Waals surface area contributed by atoms with E-state index in [4.69, 9.17) is 11.6 Å². The second-order valence-electron chi connectivity index (χ2n) is 5.15. The van der Waals surface area contributed by atoms with Crippen LogP contribution in [0.15, 0.2) is 18.3 Å². The van der Waals surface area contributed by atoms with Crippen LogP contribution >= 0.6 is 11.6 Å². The molecule has 0 fully saturated rings. The Hall–Kier alpha value is -0.600. The number of hydrogen-bond donors (Lipinski definition) is 1. The zero-order chi connectivity index (χ0) is 13.9. The molecule has 0 radical (unpaired) electrons. The van der Waals surface area contributed by atoms with E-state index >= 15 is 0 Å². The second kappa shape index (κ2) is 10.2. The van der Waals surface area contributed by atoms with Gasteiger partial charge >= 0.3 is 0 Å². The van der Waals surface area contributed by atoms with Crippen LogP contribution in [0.5, 0.6) is 0 Å². The summed E-state index contributed by atoms with van der Waals surface area (Å²) in [5, 5.41) is 4.05. The van der Waals surface area contributed by atoms with Crippen LogP contribution in [0.3, 0.4) is 0 Å². The summed E-state index contributed by atoms with van der Waals surface area (Å²) >= 11 is 5.86. The first kappa shape index (κ1) is 16.5. The normalized spacial score (nSPS) is 12.6. The molecule has 0 saturated heterocycles. The van der Waals surface area contributed by atoms with E-state index in [1.54, 1.807) is 6.20 Å². The minimum atomic E-state index is 0.355. The van der Waals surface area contributed by atoms with Crippen molar-refractivity contribution < 1.29 is 0 Å².